The Morgan fingerprint density at radius 3 is 2.82 bits per heavy atom. The lowest BCUT2D eigenvalue weighted by molar-refractivity contribution is -0.152. The van der Waals surface area contributed by atoms with Crippen molar-refractivity contribution in [1.29, 1.82) is 0 Å². The summed E-state index contributed by atoms with van der Waals surface area (Å²) in [5, 5.41) is 7.00. The molecule has 2 N–H and O–H groups in total. The third-order valence-electron chi connectivity index (χ3n) is 7.94. The molecule has 2 bridgehead atoms. The highest BCUT2D eigenvalue weighted by Crippen LogP contribution is 2.58. The number of anilines is 1. The Balaban J connectivity index is 1.41. The minimum Gasteiger partial charge on any atom is -0.362 e. The minimum absolute atomic E-state index is 0.0123. The Labute approximate surface area is 167 Å². The van der Waals surface area contributed by atoms with Gasteiger partial charge in [0.15, 0.2) is 0 Å². The van der Waals surface area contributed by atoms with Gasteiger partial charge in [0.1, 0.15) is 5.66 Å². The van der Waals surface area contributed by atoms with E-state index in [2.05, 4.69) is 29.4 Å². The summed E-state index contributed by atoms with van der Waals surface area (Å²) in [6.45, 7) is 6.34. The smallest absolute Gasteiger partial charge is 0.255 e. The van der Waals surface area contributed by atoms with Crippen molar-refractivity contribution in [2.75, 3.05) is 18.4 Å². The minimum atomic E-state index is -0.412. The first-order valence-electron chi connectivity index (χ1n) is 10.9. The number of carbonyl (C=O) groups is 2. The summed E-state index contributed by atoms with van der Waals surface area (Å²) in [5.74, 6) is 1.35. The zero-order valence-corrected chi connectivity index (χ0v) is 17.0. The van der Waals surface area contributed by atoms with E-state index in [1.807, 2.05) is 24.3 Å². The number of para-hydroxylation sites is 1. The normalized spacial score (nSPS) is 39.3. The van der Waals surface area contributed by atoms with Crippen LogP contribution in [-0.2, 0) is 4.79 Å². The van der Waals surface area contributed by atoms with Gasteiger partial charge in [0.2, 0.25) is 5.91 Å². The van der Waals surface area contributed by atoms with Gasteiger partial charge in [0.25, 0.3) is 5.91 Å². The van der Waals surface area contributed by atoms with Gasteiger partial charge in [0, 0.05) is 30.6 Å². The van der Waals surface area contributed by atoms with Crippen LogP contribution in [0.3, 0.4) is 0 Å². The summed E-state index contributed by atoms with van der Waals surface area (Å²) in [5.41, 5.74) is 1.16. The number of nitrogens with zero attached hydrogens (tertiary/aromatic N) is 1. The summed E-state index contributed by atoms with van der Waals surface area (Å²) in [4.78, 5) is 28.4. The molecule has 1 spiro atoms. The van der Waals surface area contributed by atoms with Gasteiger partial charge < -0.3 is 15.5 Å². The third kappa shape index (κ3) is 2.66. The number of piperidine rings is 1. The lowest BCUT2D eigenvalue weighted by Gasteiger charge is -2.61. The van der Waals surface area contributed by atoms with E-state index < -0.39 is 5.66 Å². The average Bonchev–Trinajstić information content (AvgIpc) is 2.67. The average molecular weight is 382 g/mol. The van der Waals surface area contributed by atoms with Crippen LogP contribution in [0.1, 0.15) is 62.7 Å². The van der Waals surface area contributed by atoms with Gasteiger partial charge in [-0.05, 0) is 62.0 Å². The molecule has 5 nitrogen and oxygen atoms in total. The van der Waals surface area contributed by atoms with Gasteiger partial charge in [-0.2, -0.15) is 0 Å². The molecule has 150 valence electrons. The zero-order chi connectivity index (χ0) is 19.5. The number of nitrogens with one attached hydrogen (secondary N) is 2. The van der Waals surface area contributed by atoms with Crippen molar-refractivity contribution in [3.8, 4) is 0 Å². The maximum absolute atomic E-state index is 13.4. The molecule has 4 fully saturated rings. The molecule has 6 rings (SSSR count). The molecule has 3 aliphatic carbocycles. The number of likely N-dealkylation sites (tertiary alicyclic amines) is 1. The van der Waals surface area contributed by atoms with Crippen LogP contribution >= 0.6 is 0 Å². The highest BCUT2D eigenvalue weighted by atomic mass is 16.2. The fraction of sp³-hybridized carbons (Fsp3) is 0.652. The Bertz CT molecular complexity index is 824. The molecule has 5 atom stereocenters. The van der Waals surface area contributed by atoms with Gasteiger partial charge in [-0.25, -0.2) is 0 Å². The Hall–Kier alpha value is -2.04. The number of benzene rings is 1. The van der Waals surface area contributed by atoms with Crippen LogP contribution in [0, 0.1) is 23.2 Å². The third-order valence-corrected chi connectivity index (χ3v) is 7.94. The molecule has 2 heterocycles. The Morgan fingerprint density at radius 2 is 2.04 bits per heavy atom. The number of carbonyl (C=O) groups excluding carboxylic acids is 2. The fourth-order valence-corrected chi connectivity index (χ4v) is 6.44. The van der Waals surface area contributed by atoms with E-state index in [1.54, 1.807) is 0 Å². The summed E-state index contributed by atoms with van der Waals surface area (Å²) in [6, 6.07) is 7.75. The monoisotopic (exact) mass is 381 g/mol. The van der Waals surface area contributed by atoms with Crippen molar-refractivity contribution >= 4 is 17.5 Å². The van der Waals surface area contributed by atoms with Crippen LogP contribution < -0.4 is 10.6 Å². The summed E-state index contributed by atoms with van der Waals surface area (Å²) in [7, 11) is 0. The SMILES string of the molecule is C[C@@H]1CCCN(C(=O)[C@@H]2C[C@@H]3CC[C@]2(C)C[C@]32NC(=O)c3ccccc3N2)C1. The quantitative estimate of drug-likeness (QED) is 0.781. The number of fused-ring (bicyclic) bond motifs is 3. The molecule has 0 aromatic heterocycles. The van der Waals surface area contributed by atoms with Crippen molar-refractivity contribution in [2.45, 2.75) is 58.0 Å². The van der Waals surface area contributed by atoms with Crippen molar-refractivity contribution in [2.24, 2.45) is 23.2 Å². The molecule has 0 unspecified atom stereocenters. The molecule has 1 saturated heterocycles. The van der Waals surface area contributed by atoms with E-state index in [-0.39, 0.29) is 17.2 Å². The van der Waals surface area contributed by atoms with Crippen molar-refractivity contribution in [3.05, 3.63) is 29.8 Å². The molecular formula is C23H31N3O2. The van der Waals surface area contributed by atoms with Crippen LogP contribution in [0.25, 0.3) is 0 Å². The van der Waals surface area contributed by atoms with Crippen molar-refractivity contribution < 1.29 is 9.59 Å². The standard InChI is InChI=1S/C23H31N3O2/c1-15-6-5-11-26(13-15)21(28)18-12-16-9-10-22(18,2)14-23(16)24-19-8-4-3-7-17(19)20(27)25-23/h3-4,7-8,15-16,18,24H,5-6,9-14H2,1-2H3,(H,25,27)/t15-,16+,18+,22-,23+/m1/s1. The molecule has 2 aliphatic heterocycles. The van der Waals surface area contributed by atoms with Crippen molar-refractivity contribution in [3.63, 3.8) is 0 Å². The summed E-state index contributed by atoms with van der Waals surface area (Å²) in [6.07, 6.45) is 6.18. The summed E-state index contributed by atoms with van der Waals surface area (Å²) < 4.78 is 0. The molecule has 28 heavy (non-hydrogen) atoms. The first kappa shape index (κ1) is 18.0. The van der Waals surface area contributed by atoms with E-state index >= 15 is 0 Å². The number of rotatable bonds is 1. The number of amides is 2. The first-order chi connectivity index (χ1) is 13.4. The van der Waals surface area contributed by atoms with Gasteiger partial charge in [0.05, 0.1) is 5.56 Å². The molecule has 2 amide bonds. The fourth-order valence-electron chi connectivity index (χ4n) is 6.44. The van der Waals surface area contributed by atoms with Crippen LogP contribution in [0.15, 0.2) is 24.3 Å². The molecule has 5 aliphatic rings. The topological polar surface area (TPSA) is 61.4 Å². The van der Waals surface area contributed by atoms with Crippen LogP contribution in [0.4, 0.5) is 5.69 Å². The second-order valence-corrected chi connectivity index (χ2v) is 9.98. The molecule has 1 aromatic rings. The van der Waals surface area contributed by atoms with Gasteiger partial charge in [-0.3, -0.25) is 9.59 Å². The highest BCUT2D eigenvalue weighted by molar-refractivity contribution is 6.02. The second-order valence-electron chi connectivity index (χ2n) is 9.98. The van der Waals surface area contributed by atoms with E-state index in [9.17, 15) is 9.59 Å². The first-order valence-corrected chi connectivity index (χ1v) is 10.9. The molecule has 5 heteroatoms. The zero-order valence-electron chi connectivity index (χ0n) is 17.0. The van der Waals surface area contributed by atoms with E-state index in [4.69, 9.17) is 0 Å². The lowest BCUT2D eigenvalue weighted by atomic mass is 9.51. The van der Waals surface area contributed by atoms with Gasteiger partial charge >= 0.3 is 0 Å². The Morgan fingerprint density at radius 1 is 1.21 bits per heavy atom. The summed E-state index contributed by atoms with van der Waals surface area (Å²) >= 11 is 0. The molecule has 3 saturated carbocycles. The molecule has 1 aromatic carbocycles. The maximum Gasteiger partial charge on any atom is 0.255 e. The van der Waals surface area contributed by atoms with Crippen LogP contribution in [0.2, 0.25) is 0 Å². The van der Waals surface area contributed by atoms with Crippen molar-refractivity contribution in [1.82, 2.24) is 10.2 Å². The van der Waals surface area contributed by atoms with E-state index in [1.165, 1.54) is 6.42 Å². The van der Waals surface area contributed by atoms with Gasteiger partial charge in [-0.15, -0.1) is 0 Å². The second kappa shape index (κ2) is 6.23. The predicted octanol–water partition coefficient (Wildman–Crippen LogP) is 3.62. The Kier molecular flexibility index (Phi) is 4.01. The van der Waals surface area contributed by atoms with Gasteiger partial charge in [-0.1, -0.05) is 26.0 Å². The predicted molar refractivity (Wildman–Crippen MR) is 109 cm³/mol. The highest BCUT2D eigenvalue weighted by Gasteiger charge is 2.60. The molecular weight excluding hydrogens is 350 g/mol. The maximum atomic E-state index is 13.4. The van der Waals surface area contributed by atoms with Crippen LogP contribution in [-0.4, -0.2) is 35.5 Å². The number of hydrogen-bond donors (Lipinski definition) is 2. The lowest BCUT2D eigenvalue weighted by Crippen LogP contribution is -2.70. The van der Waals surface area contributed by atoms with E-state index in [0.717, 1.165) is 56.4 Å². The molecule has 0 radical (unpaired) electrons. The largest absolute Gasteiger partial charge is 0.362 e. The van der Waals surface area contributed by atoms with E-state index in [0.29, 0.717) is 17.7 Å². The number of hydrogen-bond acceptors (Lipinski definition) is 3. The van der Waals surface area contributed by atoms with Crippen LogP contribution in [0.5, 0.6) is 0 Å².